The lowest BCUT2D eigenvalue weighted by atomic mass is 9.86. The number of carbonyl (C=O) groups excluding carboxylic acids is 1. The SMILES string of the molecule is C=CCCC(CCCCCCC)c1ccccc1C=O. The maximum atomic E-state index is 11.2. The van der Waals surface area contributed by atoms with Crippen LogP contribution in [0.3, 0.4) is 0 Å². The molecule has 20 heavy (non-hydrogen) atoms. The van der Waals surface area contributed by atoms with Crippen molar-refractivity contribution in [3.63, 3.8) is 0 Å². The van der Waals surface area contributed by atoms with E-state index in [1.165, 1.54) is 44.1 Å². The molecule has 1 nitrogen and oxygen atoms in total. The Labute approximate surface area is 124 Å². The van der Waals surface area contributed by atoms with Crippen molar-refractivity contribution in [1.82, 2.24) is 0 Å². The Balaban J connectivity index is 2.62. The molecular weight excluding hydrogens is 244 g/mol. The van der Waals surface area contributed by atoms with Gasteiger partial charge in [-0.15, -0.1) is 6.58 Å². The minimum atomic E-state index is 0.496. The number of carbonyl (C=O) groups is 1. The molecule has 110 valence electrons. The molecule has 0 fully saturated rings. The predicted octanol–water partition coefficient (Wildman–Crippen LogP) is 5.91. The van der Waals surface area contributed by atoms with Crippen molar-refractivity contribution in [2.24, 2.45) is 0 Å². The zero-order chi connectivity index (χ0) is 14.6. The lowest BCUT2D eigenvalue weighted by Gasteiger charge is -2.18. The quantitative estimate of drug-likeness (QED) is 0.278. The van der Waals surface area contributed by atoms with E-state index in [0.29, 0.717) is 5.92 Å². The first-order chi connectivity index (χ1) is 9.83. The van der Waals surface area contributed by atoms with Crippen molar-refractivity contribution in [2.45, 2.75) is 64.2 Å². The third kappa shape index (κ3) is 5.73. The van der Waals surface area contributed by atoms with Crippen molar-refractivity contribution in [1.29, 1.82) is 0 Å². The average Bonchev–Trinajstić information content (AvgIpc) is 2.50. The summed E-state index contributed by atoms with van der Waals surface area (Å²) < 4.78 is 0. The molecule has 1 heteroatoms. The van der Waals surface area contributed by atoms with Crippen LogP contribution >= 0.6 is 0 Å². The second kappa shape index (κ2) is 10.4. The van der Waals surface area contributed by atoms with Gasteiger partial charge in [-0.05, 0) is 30.7 Å². The van der Waals surface area contributed by atoms with Crippen LogP contribution in [0, 0.1) is 0 Å². The zero-order valence-electron chi connectivity index (χ0n) is 12.8. The molecule has 0 aromatic heterocycles. The van der Waals surface area contributed by atoms with Gasteiger partial charge in [-0.1, -0.05) is 69.4 Å². The largest absolute Gasteiger partial charge is 0.298 e. The molecule has 0 saturated heterocycles. The van der Waals surface area contributed by atoms with Crippen LogP contribution in [0.25, 0.3) is 0 Å². The standard InChI is InChI=1S/C19H28O/c1-3-5-7-8-9-13-17(12-6-4-2)19-15-11-10-14-18(19)16-20/h4,10-11,14-17H,2-3,5-9,12-13H2,1H3. The van der Waals surface area contributed by atoms with Crippen LogP contribution in [0.2, 0.25) is 0 Å². The first kappa shape index (κ1) is 16.7. The van der Waals surface area contributed by atoms with Crippen molar-refractivity contribution in [3.05, 3.63) is 48.0 Å². The number of allylic oxidation sites excluding steroid dienone is 1. The molecule has 1 atom stereocenters. The molecule has 0 heterocycles. The number of benzene rings is 1. The third-order valence-corrected chi connectivity index (χ3v) is 3.94. The second-order valence-electron chi connectivity index (χ2n) is 5.51. The van der Waals surface area contributed by atoms with Gasteiger partial charge >= 0.3 is 0 Å². The fourth-order valence-corrected chi connectivity index (χ4v) is 2.76. The van der Waals surface area contributed by atoms with Gasteiger partial charge < -0.3 is 0 Å². The Kier molecular flexibility index (Phi) is 8.69. The van der Waals surface area contributed by atoms with Gasteiger partial charge in [0.1, 0.15) is 6.29 Å². The first-order valence-corrected chi connectivity index (χ1v) is 7.98. The smallest absolute Gasteiger partial charge is 0.150 e. The molecule has 1 unspecified atom stereocenters. The van der Waals surface area contributed by atoms with Gasteiger partial charge in [-0.25, -0.2) is 0 Å². The zero-order valence-corrected chi connectivity index (χ0v) is 12.8. The van der Waals surface area contributed by atoms with Crippen molar-refractivity contribution < 1.29 is 4.79 Å². The first-order valence-electron chi connectivity index (χ1n) is 7.98. The van der Waals surface area contributed by atoms with Gasteiger partial charge in [-0.3, -0.25) is 4.79 Å². The fourth-order valence-electron chi connectivity index (χ4n) is 2.76. The van der Waals surface area contributed by atoms with Crippen LogP contribution in [-0.4, -0.2) is 6.29 Å². The van der Waals surface area contributed by atoms with Gasteiger partial charge in [0.15, 0.2) is 0 Å². The van der Waals surface area contributed by atoms with Crippen LogP contribution in [0.1, 0.15) is 80.1 Å². The Morgan fingerprint density at radius 1 is 1.10 bits per heavy atom. The summed E-state index contributed by atoms with van der Waals surface area (Å²) in [5.74, 6) is 0.496. The molecule has 0 radical (unpaired) electrons. The normalized spacial score (nSPS) is 12.1. The molecule has 0 amide bonds. The van der Waals surface area contributed by atoms with E-state index in [9.17, 15) is 4.79 Å². The fraction of sp³-hybridized carbons (Fsp3) is 0.526. The number of unbranched alkanes of at least 4 members (excludes halogenated alkanes) is 4. The molecule has 0 aliphatic carbocycles. The van der Waals surface area contributed by atoms with Crippen LogP contribution in [-0.2, 0) is 0 Å². The molecule has 0 spiro atoms. The van der Waals surface area contributed by atoms with E-state index >= 15 is 0 Å². The molecule has 1 rings (SSSR count). The molecule has 0 aliphatic rings. The molecule has 1 aromatic carbocycles. The molecule has 0 aliphatic heterocycles. The highest BCUT2D eigenvalue weighted by Gasteiger charge is 2.13. The maximum Gasteiger partial charge on any atom is 0.150 e. The Morgan fingerprint density at radius 3 is 2.55 bits per heavy atom. The van der Waals surface area contributed by atoms with Crippen LogP contribution in [0.5, 0.6) is 0 Å². The summed E-state index contributed by atoms with van der Waals surface area (Å²) in [5, 5.41) is 0. The van der Waals surface area contributed by atoms with E-state index in [2.05, 4.69) is 19.6 Å². The van der Waals surface area contributed by atoms with Gasteiger partial charge in [-0.2, -0.15) is 0 Å². The van der Waals surface area contributed by atoms with Crippen molar-refractivity contribution in [3.8, 4) is 0 Å². The summed E-state index contributed by atoms with van der Waals surface area (Å²) in [4.78, 5) is 11.2. The number of rotatable bonds is 11. The molecule has 0 N–H and O–H groups in total. The van der Waals surface area contributed by atoms with Gasteiger partial charge in [0.2, 0.25) is 0 Å². The highest BCUT2D eigenvalue weighted by molar-refractivity contribution is 5.77. The highest BCUT2D eigenvalue weighted by Crippen LogP contribution is 2.29. The van der Waals surface area contributed by atoms with Crippen molar-refractivity contribution >= 4 is 6.29 Å². The number of hydrogen-bond acceptors (Lipinski definition) is 1. The Morgan fingerprint density at radius 2 is 1.85 bits per heavy atom. The molecule has 0 bridgehead atoms. The lowest BCUT2D eigenvalue weighted by molar-refractivity contribution is 0.112. The van der Waals surface area contributed by atoms with Crippen molar-refractivity contribution in [2.75, 3.05) is 0 Å². The van der Waals surface area contributed by atoms with Gasteiger partial charge in [0, 0.05) is 5.56 Å². The van der Waals surface area contributed by atoms with Gasteiger partial charge in [0.05, 0.1) is 0 Å². The van der Waals surface area contributed by atoms with E-state index in [-0.39, 0.29) is 0 Å². The lowest BCUT2D eigenvalue weighted by Crippen LogP contribution is -2.03. The summed E-state index contributed by atoms with van der Waals surface area (Å²) in [5.41, 5.74) is 2.08. The minimum absolute atomic E-state index is 0.496. The molecular formula is C19H28O. The maximum absolute atomic E-state index is 11.2. The highest BCUT2D eigenvalue weighted by atomic mass is 16.1. The monoisotopic (exact) mass is 272 g/mol. The van der Waals surface area contributed by atoms with E-state index in [0.717, 1.165) is 24.7 Å². The van der Waals surface area contributed by atoms with Crippen LogP contribution in [0.15, 0.2) is 36.9 Å². The van der Waals surface area contributed by atoms with Gasteiger partial charge in [0.25, 0.3) is 0 Å². The average molecular weight is 272 g/mol. The number of hydrogen-bond donors (Lipinski definition) is 0. The summed E-state index contributed by atoms with van der Waals surface area (Å²) >= 11 is 0. The Bertz CT molecular complexity index is 395. The molecule has 1 aromatic rings. The topological polar surface area (TPSA) is 17.1 Å². The summed E-state index contributed by atoms with van der Waals surface area (Å²) in [6.07, 6.45) is 12.8. The van der Waals surface area contributed by atoms with E-state index in [1.807, 2.05) is 24.3 Å². The number of aldehydes is 1. The summed E-state index contributed by atoms with van der Waals surface area (Å²) in [6.45, 7) is 6.06. The predicted molar refractivity (Wildman–Crippen MR) is 87.4 cm³/mol. The second-order valence-corrected chi connectivity index (χ2v) is 5.51. The van der Waals surface area contributed by atoms with Crippen LogP contribution in [0.4, 0.5) is 0 Å². The Hall–Kier alpha value is -1.37. The summed E-state index contributed by atoms with van der Waals surface area (Å²) in [6, 6.07) is 8.03. The molecule has 0 saturated carbocycles. The third-order valence-electron chi connectivity index (χ3n) is 3.94. The van der Waals surface area contributed by atoms with E-state index < -0.39 is 0 Å². The summed E-state index contributed by atoms with van der Waals surface area (Å²) in [7, 11) is 0. The van der Waals surface area contributed by atoms with E-state index in [1.54, 1.807) is 0 Å². The van der Waals surface area contributed by atoms with Crippen LogP contribution < -0.4 is 0 Å². The van der Waals surface area contributed by atoms with E-state index in [4.69, 9.17) is 0 Å². The minimum Gasteiger partial charge on any atom is -0.298 e.